The van der Waals surface area contributed by atoms with E-state index in [1.165, 1.54) is 26.4 Å². The van der Waals surface area contributed by atoms with Crippen molar-refractivity contribution in [2.24, 2.45) is 0 Å². The number of hydrogen-bond acceptors (Lipinski definition) is 4. The minimum atomic E-state index is -1.18. The van der Waals surface area contributed by atoms with Gasteiger partial charge in [0.1, 0.15) is 5.69 Å². The number of methoxy groups -OCH3 is 2. The lowest BCUT2D eigenvalue weighted by molar-refractivity contribution is 0.0690. The van der Waals surface area contributed by atoms with Crippen LogP contribution in [0.5, 0.6) is 11.5 Å². The summed E-state index contributed by atoms with van der Waals surface area (Å²) < 4.78 is 24.8. The lowest BCUT2D eigenvalue weighted by atomic mass is 10.1. The molecule has 0 aliphatic carbocycles. The van der Waals surface area contributed by atoms with E-state index in [0.29, 0.717) is 4.47 Å². The molecular weight excluding hydrogens is 335 g/mol. The van der Waals surface area contributed by atoms with Crippen molar-refractivity contribution in [3.63, 3.8) is 0 Å². The van der Waals surface area contributed by atoms with E-state index >= 15 is 0 Å². The fraction of sp³-hybridized carbons (Fsp3) is 0.167. The van der Waals surface area contributed by atoms with Crippen LogP contribution >= 0.6 is 15.9 Å². The summed E-state index contributed by atoms with van der Waals surface area (Å²) in [6.45, 7) is 0. The van der Waals surface area contributed by atoms with E-state index < -0.39 is 11.8 Å². The van der Waals surface area contributed by atoms with E-state index in [2.05, 4.69) is 26.1 Å². The van der Waals surface area contributed by atoms with Crippen LogP contribution in [0, 0.1) is 5.82 Å². The second-order valence-electron chi connectivity index (χ2n) is 3.75. The average Bonchev–Trinajstić information content (AvgIpc) is 2.87. The lowest BCUT2D eigenvalue weighted by Crippen LogP contribution is -1.97. The van der Waals surface area contributed by atoms with Gasteiger partial charge in [-0.05, 0) is 28.1 Å². The number of benzene rings is 1. The van der Waals surface area contributed by atoms with Crippen molar-refractivity contribution >= 4 is 21.9 Å². The SMILES string of the molecule is COc1cc(Br)c(-c2cc(C(=O)O)[nH]n2)c(F)c1OC. The molecule has 106 valence electrons. The first-order chi connectivity index (χ1) is 9.49. The molecule has 0 aliphatic rings. The molecule has 0 spiro atoms. The summed E-state index contributed by atoms with van der Waals surface area (Å²) in [6.07, 6.45) is 0. The van der Waals surface area contributed by atoms with E-state index in [0.717, 1.165) is 0 Å². The Balaban J connectivity index is 2.64. The number of carboxylic acids is 1. The predicted octanol–water partition coefficient (Wildman–Crippen LogP) is 2.69. The highest BCUT2D eigenvalue weighted by atomic mass is 79.9. The first-order valence-corrected chi connectivity index (χ1v) is 6.18. The maximum absolute atomic E-state index is 14.4. The Labute approximate surface area is 121 Å². The first kappa shape index (κ1) is 14.3. The first-order valence-electron chi connectivity index (χ1n) is 5.38. The molecule has 0 bridgehead atoms. The normalized spacial score (nSPS) is 10.4. The molecular formula is C12H10BrFN2O4. The molecule has 0 unspecified atom stereocenters. The minimum absolute atomic E-state index is 0.0782. The summed E-state index contributed by atoms with van der Waals surface area (Å²) >= 11 is 3.21. The van der Waals surface area contributed by atoms with Crippen LogP contribution in [0.25, 0.3) is 11.3 Å². The van der Waals surface area contributed by atoms with Crippen molar-refractivity contribution in [2.45, 2.75) is 0 Å². The Morgan fingerprint density at radius 1 is 1.40 bits per heavy atom. The Morgan fingerprint density at radius 3 is 2.60 bits per heavy atom. The summed E-state index contributed by atoms with van der Waals surface area (Å²) in [4.78, 5) is 10.8. The van der Waals surface area contributed by atoms with Crippen LogP contribution < -0.4 is 9.47 Å². The highest BCUT2D eigenvalue weighted by Crippen LogP contribution is 2.41. The molecule has 1 aromatic carbocycles. The topological polar surface area (TPSA) is 84.4 Å². The number of aromatic carboxylic acids is 1. The fourth-order valence-electron chi connectivity index (χ4n) is 1.72. The van der Waals surface area contributed by atoms with E-state index in [9.17, 15) is 9.18 Å². The standard InChI is InChI=1S/C12H10BrFN2O4/c1-19-8-3-5(13)9(10(14)11(8)20-2)6-4-7(12(17)18)16-15-6/h3-4H,1-2H3,(H,15,16)(H,17,18). The largest absolute Gasteiger partial charge is 0.493 e. The maximum Gasteiger partial charge on any atom is 0.353 e. The van der Waals surface area contributed by atoms with E-state index in [-0.39, 0.29) is 28.5 Å². The zero-order valence-corrected chi connectivity index (χ0v) is 12.1. The molecule has 0 fully saturated rings. The van der Waals surface area contributed by atoms with Gasteiger partial charge in [-0.15, -0.1) is 0 Å². The molecule has 2 aromatic rings. The number of rotatable bonds is 4. The number of nitrogens with one attached hydrogen (secondary N) is 1. The number of H-pyrrole nitrogens is 1. The van der Waals surface area contributed by atoms with Crippen molar-refractivity contribution in [3.05, 3.63) is 28.1 Å². The summed E-state index contributed by atoms with van der Waals surface area (Å²) in [5, 5.41) is 14.9. The molecule has 8 heteroatoms. The molecule has 2 N–H and O–H groups in total. The van der Waals surface area contributed by atoms with E-state index in [1.54, 1.807) is 0 Å². The van der Waals surface area contributed by atoms with E-state index in [1.807, 2.05) is 0 Å². The summed E-state index contributed by atoms with van der Waals surface area (Å²) in [5.41, 5.74) is 0.0974. The second-order valence-corrected chi connectivity index (χ2v) is 4.61. The third-order valence-corrected chi connectivity index (χ3v) is 3.25. The molecule has 0 amide bonds. The summed E-state index contributed by atoms with van der Waals surface area (Å²) in [6, 6.07) is 2.75. The van der Waals surface area contributed by atoms with Gasteiger partial charge in [-0.25, -0.2) is 9.18 Å². The van der Waals surface area contributed by atoms with Crippen LogP contribution in [-0.2, 0) is 0 Å². The zero-order chi connectivity index (χ0) is 14.9. The smallest absolute Gasteiger partial charge is 0.353 e. The minimum Gasteiger partial charge on any atom is -0.493 e. The van der Waals surface area contributed by atoms with Crippen molar-refractivity contribution in [3.8, 4) is 22.8 Å². The molecule has 0 atom stereocenters. The maximum atomic E-state index is 14.4. The number of hydrogen-bond donors (Lipinski definition) is 2. The van der Waals surface area contributed by atoms with Gasteiger partial charge in [0.05, 0.1) is 25.5 Å². The van der Waals surface area contributed by atoms with Crippen LogP contribution in [0.1, 0.15) is 10.5 Å². The van der Waals surface area contributed by atoms with Gasteiger partial charge in [-0.3, -0.25) is 5.10 Å². The van der Waals surface area contributed by atoms with Gasteiger partial charge < -0.3 is 14.6 Å². The number of carbonyl (C=O) groups is 1. The highest BCUT2D eigenvalue weighted by molar-refractivity contribution is 9.10. The van der Waals surface area contributed by atoms with Gasteiger partial charge in [0, 0.05) is 4.47 Å². The van der Waals surface area contributed by atoms with Gasteiger partial charge in [-0.2, -0.15) is 5.10 Å². The van der Waals surface area contributed by atoms with Gasteiger partial charge >= 0.3 is 5.97 Å². The summed E-state index contributed by atoms with van der Waals surface area (Å²) in [5.74, 6) is -1.73. The number of aromatic nitrogens is 2. The molecule has 1 heterocycles. The summed E-state index contributed by atoms with van der Waals surface area (Å²) in [7, 11) is 2.70. The highest BCUT2D eigenvalue weighted by Gasteiger charge is 2.22. The fourth-order valence-corrected chi connectivity index (χ4v) is 2.30. The molecule has 0 radical (unpaired) electrons. The van der Waals surface area contributed by atoms with Gasteiger partial charge in [-0.1, -0.05) is 0 Å². The predicted molar refractivity (Wildman–Crippen MR) is 71.7 cm³/mol. The zero-order valence-electron chi connectivity index (χ0n) is 10.5. The Bertz CT molecular complexity index is 672. The second kappa shape index (κ2) is 5.49. The average molecular weight is 345 g/mol. The third-order valence-electron chi connectivity index (χ3n) is 2.63. The van der Waals surface area contributed by atoms with Gasteiger partial charge in [0.2, 0.25) is 0 Å². The van der Waals surface area contributed by atoms with Crippen LogP contribution in [0.2, 0.25) is 0 Å². The van der Waals surface area contributed by atoms with Crippen molar-refractivity contribution in [1.82, 2.24) is 10.2 Å². The third kappa shape index (κ3) is 2.34. The molecule has 6 nitrogen and oxygen atoms in total. The molecule has 0 saturated carbocycles. The van der Waals surface area contributed by atoms with Crippen LogP contribution in [-0.4, -0.2) is 35.5 Å². The van der Waals surface area contributed by atoms with E-state index in [4.69, 9.17) is 14.6 Å². The Hall–Kier alpha value is -2.09. The molecule has 0 saturated heterocycles. The lowest BCUT2D eigenvalue weighted by Gasteiger charge is -2.12. The van der Waals surface area contributed by atoms with Crippen molar-refractivity contribution in [1.29, 1.82) is 0 Å². The monoisotopic (exact) mass is 344 g/mol. The quantitative estimate of drug-likeness (QED) is 0.890. The number of carboxylic acid groups (broad SMARTS) is 1. The number of ether oxygens (including phenoxy) is 2. The number of nitrogens with zero attached hydrogens (tertiary/aromatic N) is 1. The van der Waals surface area contributed by atoms with Gasteiger partial charge in [0.15, 0.2) is 17.3 Å². The molecule has 1 aromatic heterocycles. The Morgan fingerprint density at radius 2 is 2.10 bits per heavy atom. The Kier molecular flexibility index (Phi) is 3.93. The molecule has 20 heavy (non-hydrogen) atoms. The number of halogens is 2. The molecule has 2 rings (SSSR count). The van der Waals surface area contributed by atoms with Crippen LogP contribution in [0.3, 0.4) is 0 Å². The van der Waals surface area contributed by atoms with Crippen LogP contribution in [0.15, 0.2) is 16.6 Å². The van der Waals surface area contributed by atoms with Crippen molar-refractivity contribution < 1.29 is 23.8 Å². The van der Waals surface area contributed by atoms with Crippen LogP contribution in [0.4, 0.5) is 4.39 Å². The van der Waals surface area contributed by atoms with Gasteiger partial charge in [0.25, 0.3) is 0 Å². The number of aromatic amines is 1. The molecule has 0 aliphatic heterocycles. The van der Waals surface area contributed by atoms with Crippen molar-refractivity contribution in [2.75, 3.05) is 14.2 Å².